The maximum atomic E-state index is 12.6. The van der Waals surface area contributed by atoms with E-state index in [1.54, 1.807) is 11.9 Å². The lowest BCUT2D eigenvalue weighted by atomic mass is 10.0. The first-order valence-corrected chi connectivity index (χ1v) is 8.47. The van der Waals surface area contributed by atoms with Crippen molar-refractivity contribution in [3.8, 4) is 6.07 Å². The Kier molecular flexibility index (Phi) is 6.39. The number of hydrogen-bond donors (Lipinski definition) is 1. The summed E-state index contributed by atoms with van der Waals surface area (Å²) in [6.45, 7) is 4.04. The van der Waals surface area contributed by atoms with Crippen LogP contribution in [0.5, 0.6) is 0 Å². The number of nitrogens with zero attached hydrogens (tertiary/aromatic N) is 3. The average molecular weight is 326 g/mol. The number of nitrogens with one attached hydrogen (secondary N) is 1. The van der Waals surface area contributed by atoms with E-state index in [-0.39, 0.29) is 17.5 Å². The molecule has 0 unspecified atom stereocenters. The van der Waals surface area contributed by atoms with Crippen LogP contribution < -0.4 is 5.32 Å². The lowest BCUT2D eigenvalue weighted by Gasteiger charge is -2.35. The highest BCUT2D eigenvalue weighted by atomic mass is 16.2. The van der Waals surface area contributed by atoms with Crippen LogP contribution in [0.15, 0.2) is 36.0 Å². The standard InChI is InChI=1S/C19H26N4O/c1-4-15-7-5-6-8-18(15)21-14-16(13-20)19(24)23(3)17-9-11-22(2)12-10-17/h5-8,14,17,21H,4,9-12H2,1-3H3/b16-14-. The van der Waals surface area contributed by atoms with E-state index in [2.05, 4.69) is 24.2 Å². The predicted molar refractivity (Wildman–Crippen MR) is 96.4 cm³/mol. The molecule has 1 aliphatic heterocycles. The minimum atomic E-state index is -0.214. The first kappa shape index (κ1) is 18.0. The van der Waals surface area contributed by atoms with Crippen molar-refractivity contribution in [2.24, 2.45) is 0 Å². The molecule has 1 N–H and O–H groups in total. The Hall–Kier alpha value is -2.32. The highest BCUT2D eigenvalue weighted by molar-refractivity contribution is 5.97. The zero-order valence-corrected chi connectivity index (χ0v) is 14.7. The van der Waals surface area contributed by atoms with Gasteiger partial charge in [0.25, 0.3) is 5.91 Å². The Morgan fingerprint density at radius 2 is 2.08 bits per heavy atom. The minimum absolute atomic E-state index is 0.141. The van der Waals surface area contributed by atoms with E-state index in [1.165, 1.54) is 6.20 Å². The van der Waals surface area contributed by atoms with Crippen molar-refractivity contribution >= 4 is 11.6 Å². The molecule has 0 spiro atoms. The quantitative estimate of drug-likeness (QED) is 0.667. The normalized spacial score (nSPS) is 16.5. The van der Waals surface area contributed by atoms with E-state index in [9.17, 15) is 10.1 Å². The molecule has 1 aliphatic rings. The van der Waals surface area contributed by atoms with E-state index < -0.39 is 0 Å². The van der Waals surface area contributed by atoms with Gasteiger partial charge in [-0.2, -0.15) is 5.26 Å². The second kappa shape index (κ2) is 8.51. The summed E-state index contributed by atoms with van der Waals surface area (Å²) in [5.74, 6) is -0.214. The Morgan fingerprint density at radius 1 is 1.42 bits per heavy atom. The van der Waals surface area contributed by atoms with Crippen molar-refractivity contribution < 1.29 is 4.79 Å². The molecule has 1 amide bonds. The smallest absolute Gasteiger partial charge is 0.266 e. The van der Waals surface area contributed by atoms with Crippen molar-refractivity contribution in [1.29, 1.82) is 5.26 Å². The Bertz CT molecular complexity index is 639. The van der Waals surface area contributed by atoms with Gasteiger partial charge in [0.2, 0.25) is 0 Å². The fraction of sp³-hybridized carbons (Fsp3) is 0.474. The molecule has 0 atom stereocenters. The molecule has 1 heterocycles. The molecule has 5 nitrogen and oxygen atoms in total. The Morgan fingerprint density at radius 3 is 2.71 bits per heavy atom. The summed E-state index contributed by atoms with van der Waals surface area (Å²) >= 11 is 0. The van der Waals surface area contributed by atoms with Gasteiger partial charge in [0.05, 0.1) is 0 Å². The minimum Gasteiger partial charge on any atom is -0.360 e. The summed E-state index contributed by atoms with van der Waals surface area (Å²) in [6, 6.07) is 10.2. The van der Waals surface area contributed by atoms with Crippen LogP contribution >= 0.6 is 0 Å². The van der Waals surface area contributed by atoms with E-state index >= 15 is 0 Å². The van der Waals surface area contributed by atoms with Gasteiger partial charge < -0.3 is 15.1 Å². The van der Waals surface area contributed by atoms with Gasteiger partial charge >= 0.3 is 0 Å². The van der Waals surface area contributed by atoms with Gasteiger partial charge in [-0.15, -0.1) is 0 Å². The molecule has 24 heavy (non-hydrogen) atoms. The molecule has 128 valence electrons. The number of likely N-dealkylation sites (N-methyl/N-ethyl adjacent to an activating group) is 1. The number of aryl methyl sites for hydroxylation is 1. The van der Waals surface area contributed by atoms with Crippen molar-refractivity contribution in [2.75, 3.05) is 32.5 Å². The number of benzene rings is 1. The maximum absolute atomic E-state index is 12.6. The zero-order valence-electron chi connectivity index (χ0n) is 14.7. The van der Waals surface area contributed by atoms with Gasteiger partial charge in [0.1, 0.15) is 11.6 Å². The third kappa shape index (κ3) is 4.36. The largest absolute Gasteiger partial charge is 0.360 e. The van der Waals surface area contributed by atoms with Gasteiger partial charge in [0, 0.05) is 25.0 Å². The maximum Gasteiger partial charge on any atom is 0.266 e. The number of amides is 1. The van der Waals surface area contributed by atoms with Gasteiger partial charge in [-0.3, -0.25) is 4.79 Å². The molecule has 0 aliphatic carbocycles. The number of hydrogen-bond acceptors (Lipinski definition) is 4. The average Bonchev–Trinajstić information content (AvgIpc) is 2.62. The molecular weight excluding hydrogens is 300 g/mol. The summed E-state index contributed by atoms with van der Waals surface area (Å²) in [5.41, 5.74) is 2.23. The third-order valence-electron chi connectivity index (χ3n) is 4.68. The SMILES string of the molecule is CCc1ccccc1N/C=C(/C#N)C(=O)N(C)C1CCN(C)CC1. The fourth-order valence-corrected chi connectivity index (χ4v) is 3.00. The number of anilines is 1. The highest BCUT2D eigenvalue weighted by Crippen LogP contribution is 2.18. The molecule has 1 aromatic rings. The van der Waals surface area contributed by atoms with Crippen LogP contribution in [0.1, 0.15) is 25.3 Å². The van der Waals surface area contributed by atoms with Gasteiger partial charge in [-0.1, -0.05) is 25.1 Å². The van der Waals surface area contributed by atoms with Crippen molar-refractivity contribution in [1.82, 2.24) is 9.80 Å². The summed E-state index contributed by atoms with van der Waals surface area (Å²) in [7, 11) is 3.89. The monoisotopic (exact) mass is 326 g/mol. The molecule has 1 aromatic carbocycles. The van der Waals surface area contributed by atoms with Crippen LogP contribution in [0.3, 0.4) is 0 Å². The number of para-hydroxylation sites is 1. The van der Waals surface area contributed by atoms with E-state index in [4.69, 9.17) is 0 Å². The highest BCUT2D eigenvalue weighted by Gasteiger charge is 2.25. The fourth-order valence-electron chi connectivity index (χ4n) is 3.00. The lowest BCUT2D eigenvalue weighted by Crippen LogP contribution is -2.44. The second-order valence-electron chi connectivity index (χ2n) is 6.28. The van der Waals surface area contributed by atoms with Crippen LogP contribution in [-0.4, -0.2) is 48.9 Å². The van der Waals surface area contributed by atoms with Crippen LogP contribution in [0, 0.1) is 11.3 Å². The summed E-state index contributed by atoms with van der Waals surface area (Å²) in [6.07, 6.45) is 4.32. The van der Waals surface area contributed by atoms with Crippen LogP contribution in [-0.2, 0) is 11.2 Å². The van der Waals surface area contributed by atoms with E-state index in [0.29, 0.717) is 0 Å². The topological polar surface area (TPSA) is 59.4 Å². The molecule has 0 saturated carbocycles. The van der Waals surface area contributed by atoms with Crippen molar-refractivity contribution in [3.63, 3.8) is 0 Å². The summed E-state index contributed by atoms with van der Waals surface area (Å²) in [5, 5.41) is 12.5. The molecule has 1 fully saturated rings. The van der Waals surface area contributed by atoms with Crippen molar-refractivity contribution in [2.45, 2.75) is 32.2 Å². The predicted octanol–water partition coefficient (Wildman–Crippen LogP) is 2.62. The first-order chi connectivity index (χ1) is 11.6. The molecule has 5 heteroatoms. The summed E-state index contributed by atoms with van der Waals surface area (Å²) < 4.78 is 0. The zero-order chi connectivity index (χ0) is 17.5. The molecular formula is C19H26N4O. The van der Waals surface area contributed by atoms with E-state index in [0.717, 1.165) is 43.6 Å². The number of piperidine rings is 1. The third-order valence-corrected chi connectivity index (χ3v) is 4.68. The number of rotatable bonds is 5. The van der Waals surface area contributed by atoms with Gasteiger partial charge in [-0.25, -0.2) is 0 Å². The Balaban J connectivity index is 2.06. The molecule has 2 rings (SSSR count). The number of carbonyl (C=O) groups is 1. The van der Waals surface area contributed by atoms with Crippen LogP contribution in [0.2, 0.25) is 0 Å². The van der Waals surface area contributed by atoms with Gasteiger partial charge in [0.15, 0.2) is 0 Å². The number of likely N-dealkylation sites (tertiary alicyclic amines) is 1. The van der Waals surface area contributed by atoms with Crippen LogP contribution in [0.25, 0.3) is 0 Å². The lowest BCUT2D eigenvalue weighted by molar-refractivity contribution is -0.128. The number of nitriles is 1. The van der Waals surface area contributed by atoms with Crippen LogP contribution in [0.4, 0.5) is 5.69 Å². The molecule has 1 saturated heterocycles. The first-order valence-electron chi connectivity index (χ1n) is 8.47. The molecule has 0 bridgehead atoms. The molecule has 0 radical (unpaired) electrons. The number of carbonyl (C=O) groups excluding carboxylic acids is 1. The van der Waals surface area contributed by atoms with Crippen molar-refractivity contribution in [3.05, 3.63) is 41.6 Å². The Labute approximate surface area is 144 Å². The van der Waals surface area contributed by atoms with Gasteiger partial charge in [-0.05, 0) is 51.0 Å². The summed E-state index contributed by atoms with van der Waals surface area (Å²) in [4.78, 5) is 16.6. The second-order valence-corrected chi connectivity index (χ2v) is 6.28. The van der Waals surface area contributed by atoms with E-state index in [1.807, 2.05) is 30.3 Å². The molecule has 0 aromatic heterocycles.